The normalized spacial score (nSPS) is 45.6. The topological polar surface area (TPSA) is 74.6 Å². The van der Waals surface area contributed by atoms with Gasteiger partial charge in [-0.05, 0) is 69.4 Å². The molecule has 0 radical (unpaired) electrons. The highest BCUT2D eigenvalue weighted by Gasteiger charge is 2.70. The average Bonchev–Trinajstić information content (AvgIpc) is 2.93. The van der Waals surface area contributed by atoms with E-state index in [0.29, 0.717) is 18.3 Å². The van der Waals surface area contributed by atoms with Crippen LogP contribution in [0.25, 0.3) is 0 Å². The number of aliphatic hydroxyl groups excluding tert-OH is 1. The molecule has 3 saturated carbocycles. The zero-order chi connectivity index (χ0) is 25.1. The summed E-state index contributed by atoms with van der Waals surface area (Å²) in [5, 5.41) is 22.7. The number of hydrogen-bond acceptors (Lipinski definition) is 4. The Kier molecular flexibility index (Phi) is 9.16. The van der Waals surface area contributed by atoms with Gasteiger partial charge in [-0.2, -0.15) is 0 Å². The van der Waals surface area contributed by atoms with Crippen molar-refractivity contribution < 1.29 is 19.8 Å². The van der Waals surface area contributed by atoms with E-state index >= 15 is 0 Å². The lowest BCUT2D eigenvalue weighted by Gasteiger charge is -2.65. The second-order valence-electron chi connectivity index (χ2n) is 10.3. The van der Waals surface area contributed by atoms with Crippen LogP contribution < -0.4 is 0 Å². The first-order valence-corrected chi connectivity index (χ1v) is 12.1. The van der Waals surface area contributed by atoms with Crippen LogP contribution in [0.2, 0.25) is 0 Å². The van der Waals surface area contributed by atoms with E-state index < -0.39 is 11.7 Å². The van der Waals surface area contributed by atoms with Gasteiger partial charge in [0.1, 0.15) is 6.29 Å². The van der Waals surface area contributed by atoms with E-state index in [-0.39, 0.29) is 27.9 Å². The SMILES string of the molecule is C#C.CC1CC2C3CCC4=CC(=O)C=CC4(C)C3(C)C(O)CC2(C)[C@]1(C)O.CC=O.CCl. The van der Waals surface area contributed by atoms with Crippen molar-refractivity contribution in [3.63, 3.8) is 0 Å². The van der Waals surface area contributed by atoms with Crippen LogP contribution in [-0.2, 0) is 9.59 Å². The number of fused-ring (bicyclic) bond motifs is 5. The fraction of sp³-hybridized carbons (Fsp3) is 0.704. The Bertz CT molecular complexity index is 782. The van der Waals surface area contributed by atoms with Crippen molar-refractivity contribution in [2.75, 3.05) is 6.38 Å². The maximum Gasteiger partial charge on any atom is 0.178 e. The van der Waals surface area contributed by atoms with E-state index in [1.165, 1.54) is 18.9 Å². The molecule has 7 unspecified atom stereocenters. The molecular formula is C27H41ClO4. The number of alkyl halides is 1. The molecule has 0 aromatic carbocycles. The van der Waals surface area contributed by atoms with Crippen LogP contribution in [0.15, 0.2) is 23.8 Å². The van der Waals surface area contributed by atoms with Crippen LogP contribution in [0.3, 0.4) is 0 Å². The summed E-state index contributed by atoms with van der Waals surface area (Å²) in [4.78, 5) is 20.7. The Hall–Kier alpha value is -1.41. The summed E-state index contributed by atoms with van der Waals surface area (Å²) >= 11 is 4.64. The summed E-state index contributed by atoms with van der Waals surface area (Å²) in [6, 6.07) is 0. The van der Waals surface area contributed by atoms with E-state index in [0.717, 1.165) is 25.5 Å². The first-order chi connectivity index (χ1) is 14.9. The van der Waals surface area contributed by atoms with Crippen LogP contribution >= 0.6 is 11.6 Å². The van der Waals surface area contributed by atoms with Crippen molar-refractivity contribution in [1.82, 2.24) is 0 Å². The minimum atomic E-state index is -0.741. The molecule has 0 bridgehead atoms. The van der Waals surface area contributed by atoms with Gasteiger partial charge in [-0.3, -0.25) is 4.79 Å². The number of halogens is 1. The standard InChI is InChI=1S/C22H32O3.C2H4O.C2H2.CH3Cl/c1-13-10-17-16-7-6-14-11-15(23)8-9-19(14,2)21(16,4)18(24)12-20(17,3)22(13,5)25;1-2-3;2*1-2/h8-9,11,13,16-18,24-25H,6-7,10,12H2,1-5H3;2H,1H3;1-2H;1H3/t13?,16?,17?,18?,19?,20?,21?,22-;;;/m1.../s1. The number of hydrogen-bond donors (Lipinski definition) is 2. The number of aliphatic hydroxyl groups is 2. The van der Waals surface area contributed by atoms with Crippen LogP contribution in [0.1, 0.15) is 67.2 Å². The van der Waals surface area contributed by atoms with E-state index in [2.05, 4.69) is 58.2 Å². The van der Waals surface area contributed by atoms with E-state index in [4.69, 9.17) is 4.79 Å². The third-order valence-electron chi connectivity index (χ3n) is 9.52. The highest BCUT2D eigenvalue weighted by molar-refractivity contribution is 6.15. The molecule has 0 amide bonds. The highest BCUT2D eigenvalue weighted by Crippen LogP contribution is 2.72. The summed E-state index contributed by atoms with van der Waals surface area (Å²) in [6.45, 7) is 12.2. The van der Waals surface area contributed by atoms with Gasteiger partial charge >= 0.3 is 0 Å². The molecule has 4 rings (SSSR count). The number of allylic oxidation sites excluding steroid dienone is 4. The van der Waals surface area contributed by atoms with Crippen LogP contribution in [-0.4, -0.2) is 40.4 Å². The van der Waals surface area contributed by atoms with Gasteiger partial charge in [0.05, 0.1) is 11.7 Å². The molecule has 0 spiro atoms. The number of rotatable bonds is 0. The number of terminal acetylenes is 1. The summed E-state index contributed by atoms with van der Waals surface area (Å²) < 4.78 is 0. The Labute approximate surface area is 199 Å². The second-order valence-corrected chi connectivity index (χ2v) is 10.3. The van der Waals surface area contributed by atoms with Crippen molar-refractivity contribution >= 4 is 23.7 Å². The molecule has 180 valence electrons. The van der Waals surface area contributed by atoms with Gasteiger partial charge in [-0.1, -0.05) is 39.3 Å². The minimum Gasteiger partial charge on any atom is -0.392 e. The van der Waals surface area contributed by atoms with E-state index in [1.807, 2.05) is 6.92 Å². The van der Waals surface area contributed by atoms with Gasteiger partial charge in [0, 0.05) is 22.6 Å². The summed E-state index contributed by atoms with van der Waals surface area (Å²) in [5.41, 5.74) is -0.378. The Balaban J connectivity index is 0.000000662. The number of carbonyl (C=O) groups excluding carboxylic acids is 2. The molecule has 0 saturated heterocycles. The van der Waals surface area contributed by atoms with Crippen LogP contribution in [0.4, 0.5) is 0 Å². The highest BCUT2D eigenvalue weighted by atomic mass is 35.5. The fourth-order valence-corrected chi connectivity index (χ4v) is 7.18. The molecule has 0 aliphatic heterocycles. The van der Waals surface area contributed by atoms with E-state index in [9.17, 15) is 15.0 Å². The van der Waals surface area contributed by atoms with Crippen molar-refractivity contribution in [3.05, 3.63) is 23.8 Å². The lowest BCUT2D eigenvalue weighted by Crippen LogP contribution is -2.64. The fourth-order valence-electron chi connectivity index (χ4n) is 7.18. The summed E-state index contributed by atoms with van der Waals surface area (Å²) in [5.74, 6) is 1.08. The molecule has 4 nitrogen and oxygen atoms in total. The van der Waals surface area contributed by atoms with Crippen LogP contribution in [0.5, 0.6) is 0 Å². The van der Waals surface area contributed by atoms with Gasteiger partial charge in [-0.25, -0.2) is 0 Å². The maximum absolute atomic E-state index is 11.9. The van der Waals surface area contributed by atoms with Gasteiger partial charge in [0.15, 0.2) is 5.78 Å². The summed E-state index contributed by atoms with van der Waals surface area (Å²) in [6.07, 6.45) is 18.9. The molecule has 0 aromatic heterocycles. The number of ketones is 1. The van der Waals surface area contributed by atoms with E-state index in [1.54, 1.807) is 12.2 Å². The predicted molar refractivity (Wildman–Crippen MR) is 131 cm³/mol. The third-order valence-corrected chi connectivity index (χ3v) is 9.52. The molecule has 2 N–H and O–H groups in total. The molecule has 0 heterocycles. The van der Waals surface area contributed by atoms with Gasteiger partial charge in [-0.15, -0.1) is 24.4 Å². The molecular weight excluding hydrogens is 424 g/mol. The minimum absolute atomic E-state index is 0.0714. The number of aldehydes is 1. The zero-order valence-corrected chi connectivity index (χ0v) is 21.4. The first kappa shape index (κ1) is 28.6. The zero-order valence-electron chi connectivity index (χ0n) is 20.7. The molecule has 0 aromatic rings. The smallest absolute Gasteiger partial charge is 0.178 e. The molecule has 4 aliphatic carbocycles. The second kappa shape index (κ2) is 10.2. The molecule has 3 fully saturated rings. The molecule has 32 heavy (non-hydrogen) atoms. The first-order valence-electron chi connectivity index (χ1n) is 11.4. The Morgan fingerprint density at radius 2 is 1.69 bits per heavy atom. The van der Waals surface area contributed by atoms with Gasteiger partial charge in [0.2, 0.25) is 0 Å². The molecule has 8 atom stereocenters. The van der Waals surface area contributed by atoms with Gasteiger partial charge < -0.3 is 15.0 Å². The quantitative estimate of drug-likeness (QED) is 0.302. The molecule has 4 aliphatic rings. The van der Waals surface area contributed by atoms with Crippen molar-refractivity contribution in [3.8, 4) is 12.8 Å². The average molecular weight is 465 g/mol. The molecule has 5 heteroatoms. The van der Waals surface area contributed by atoms with Crippen molar-refractivity contribution in [2.45, 2.75) is 78.9 Å². The maximum atomic E-state index is 11.9. The predicted octanol–water partition coefficient (Wildman–Crippen LogP) is 4.96. The Morgan fingerprint density at radius 3 is 2.22 bits per heavy atom. The van der Waals surface area contributed by atoms with Crippen LogP contribution in [0, 0.1) is 46.8 Å². The monoisotopic (exact) mass is 464 g/mol. The van der Waals surface area contributed by atoms with Crippen molar-refractivity contribution in [1.29, 1.82) is 0 Å². The van der Waals surface area contributed by atoms with Crippen molar-refractivity contribution in [2.24, 2.45) is 34.0 Å². The summed E-state index contributed by atoms with van der Waals surface area (Å²) in [7, 11) is 0. The Morgan fingerprint density at radius 1 is 1.16 bits per heavy atom. The lowest BCUT2D eigenvalue weighted by atomic mass is 9.40. The number of carbonyl (C=O) groups is 2. The third kappa shape index (κ3) is 3.91. The van der Waals surface area contributed by atoms with Gasteiger partial charge in [0.25, 0.3) is 0 Å². The largest absolute Gasteiger partial charge is 0.392 e. The lowest BCUT2D eigenvalue weighted by molar-refractivity contribution is -0.203.